The highest BCUT2D eigenvalue weighted by Gasteiger charge is 2.67. The van der Waals surface area contributed by atoms with Gasteiger partial charge in [-0.15, -0.1) is 0 Å². The standard InChI is InChI=1S/C15H28BNO2.C3H3F3O/c1-9(2)6-12(17)16-18-13-11-7-10(14(11,3)4)8-15(13,5)19-16;1-2(7)3(4,5)6/h9-13H,6-8,17H2,1-5H3;1H3. The lowest BCUT2D eigenvalue weighted by atomic mass is 9.45. The molecular formula is C18H31BF3NO3. The number of ketones is 1. The summed E-state index contributed by atoms with van der Waals surface area (Å²) in [5.41, 5.74) is 6.60. The van der Waals surface area contributed by atoms with Crippen LogP contribution < -0.4 is 5.73 Å². The fourth-order valence-electron chi connectivity index (χ4n) is 4.58. The van der Waals surface area contributed by atoms with Crippen molar-refractivity contribution in [3.63, 3.8) is 0 Å². The van der Waals surface area contributed by atoms with Crippen molar-refractivity contribution in [2.45, 2.75) is 84.6 Å². The molecule has 4 nitrogen and oxygen atoms in total. The molecule has 3 aliphatic carbocycles. The van der Waals surface area contributed by atoms with Crippen LogP contribution in [0, 0.1) is 23.2 Å². The van der Waals surface area contributed by atoms with Crippen LogP contribution in [0.5, 0.6) is 0 Å². The summed E-state index contributed by atoms with van der Waals surface area (Å²) in [7, 11) is -0.201. The van der Waals surface area contributed by atoms with Crippen molar-refractivity contribution >= 4 is 12.9 Å². The molecular weight excluding hydrogens is 346 g/mol. The number of Topliss-reactive ketones (excluding diaryl/α,β-unsaturated/α-hetero) is 1. The first kappa shape index (κ1) is 21.7. The van der Waals surface area contributed by atoms with Crippen molar-refractivity contribution in [2.75, 3.05) is 0 Å². The second kappa shape index (κ2) is 7.10. The van der Waals surface area contributed by atoms with Crippen molar-refractivity contribution < 1.29 is 27.3 Å². The lowest BCUT2D eigenvalue weighted by molar-refractivity contribution is -0.185. The van der Waals surface area contributed by atoms with E-state index in [0.717, 1.165) is 18.8 Å². The quantitative estimate of drug-likeness (QED) is 0.761. The molecule has 5 unspecified atom stereocenters. The van der Waals surface area contributed by atoms with E-state index in [-0.39, 0.29) is 24.8 Å². The molecule has 2 bridgehead atoms. The molecule has 1 aliphatic heterocycles. The number of carbonyl (C=O) groups excluding carboxylic acids is 1. The second-order valence-corrected chi connectivity index (χ2v) is 9.27. The Kier molecular flexibility index (Phi) is 5.92. The van der Waals surface area contributed by atoms with Gasteiger partial charge in [-0.1, -0.05) is 27.7 Å². The maximum Gasteiger partial charge on any atom is 0.475 e. The maximum absolute atomic E-state index is 10.8. The zero-order valence-electron chi connectivity index (χ0n) is 16.5. The van der Waals surface area contributed by atoms with E-state index >= 15 is 0 Å². The third-order valence-electron chi connectivity index (χ3n) is 6.32. The summed E-state index contributed by atoms with van der Waals surface area (Å²) in [4.78, 5) is 9.34. The van der Waals surface area contributed by atoms with Crippen LogP contribution in [0.2, 0.25) is 0 Å². The molecule has 8 heteroatoms. The molecule has 5 atom stereocenters. The number of hydrogen-bond acceptors (Lipinski definition) is 4. The van der Waals surface area contributed by atoms with Crippen LogP contribution in [0.1, 0.15) is 60.8 Å². The van der Waals surface area contributed by atoms with Crippen LogP contribution in [0.3, 0.4) is 0 Å². The van der Waals surface area contributed by atoms with E-state index in [1.54, 1.807) is 0 Å². The van der Waals surface area contributed by atoms with Gasteiger partial charge >= 0.3 is 13.3 Å². The fraction of sp³-hybridized carbons (Fsp3) is 0.944. The molecule has 0 aromatic heterocycles. The van der Waals surface area contributed by atoms with Crippen LogP contribution in [0.15, 0.2) is 0 Å². The topological polar surface area (TPSA) is 61.6 Å². The van der Waals surface area contributed by atoms with E-state index in [4.69, 9.17) is 15.0 Å². The normalized spacial score (nSPS) is 36.0. The smallest absolute Gasteiger partial charge is 0.404 e. The third-order valence-corrected chi connectivity index (χ3v) is 6.32. The molecule has 0 aromatic carbocycles. The van der Waals surface area contributed by atoms with Gasteiger partial charge in [-0.25, -0.2) is 0 Å². The van der Waals surface area contributed by atoms with Gasteiger partial charge in [-0.3, -0.25) is 4.79 Å². The van der Waals surface area contributed by atoms with Crippen LogP contribution in [0.25, 0.3) is 0 Å². The molecule has 1 heterocycles. The average molecular weight is 377 g/mol. The zero-order chi connectivity index (χ0) is 20.1. The van der Waals surface area contributed by atoms with Gasteiger partial charge in [0, 0.05) is 12.9 Å². The summed E-state index contributed by atoms with van der Waals surface area (Å²) in [5, 5.41) is 0. The lowest BCUT2D eigenvalue weighted by Gasteiger charge is -2.63. The highest BCUT2D eigenvalue weighted by molar-refractivity contribution is 6.47. The minimum absolute atomic E-state index is 0.00253. The molecule has 2 N–H and O–H groups in total. The van der Waals surface area contributed by atoms with Crippen LogP contribution in [-0.2, 0) is 14.1 Å². The summed E-state index contributed by atoms with van der Waals surface area (Å²) in [6.07, 6.45) is -0.990. The van der Waals surface area contributed by atoms with E-state index in [2.05, 4.69) is 34.6 Å². The molecule has 0 spiro atoms. The van der Waals surface area contributed by atoms with Crippen molar-refractivity contribution in [3.05, 3.63) is 0 Å². The van der Waals surface area contributed by atoms with Gasteiger partial charge in [0.05, 0.1) is 11.7 Å². The number of halogens is 3. The van der Waals surface area contributed by atoms with E-state index < -0.39 is 12.0 Å². The number of hydrogen-bond donors (Lipinski definition) is 1. The maximum atomic E-state index is 10.8. The monoisotopic (exact) mass is 377 g/mol. The Labute approximate surface area is 154 Å². The van der Waals surface area contributed by atoms with Gasteiger partial charge in [-0.2, -0.15) is 13.2 Å². The van der Waals surface area contributed by atoms with E-state index in [9.17, 15) is 18.0 Å². The third kappa shape index (κ3) is 4.12. The van der Waals surface area contributed by atoms with Crippen LogP contribution in [0.4, 0.5) is 13.2 Å². The lowest BCUT2D eigenvalue weighted by Crippen LogP contribution is -2.63. The van der Waals surface area contributed by atoms with Gasteiger partial charge in [-0.05, 0) is 49.4 Å². The molecule has 0 aromatic rings. The summed E-state index contributed by atoms with van der Waals surface area (Å²) in [6, 6.07) is 0. The van der Waals surface area contributed by atoms with Gasteiger partial charge < -0.3 is 15.0 Å². The Bertz CT molecular complexity index is 540. The predicted molar refractivity (Wildman–Crippen MR) is 94.3 cm³/mol. The molecule has 0 radical (unpaired) electrons. The van der Waals surface area contributed by atoms with Gasteiger partial charge in [0.2, 0.25) is 5.78 Å². The van der Waals surface area contributed by atoms with Crippen LogP contribution >= 0.6 is 0 Å². The SMILES string of the molecule is CC(=O)C(F)(F)F.CC(C)CC(N)B1OC2C3CC(CC2(C)O1)C3(C)C. The fourth-order valence-corrected chi connectivity index (χ4v) is 4.58. The minimum Gasteiger partial charge on any atom is -0.404 e. The zero-order valence-corrected chi connectivity index (χ0v) is 16.5. The Hall–Kier alpha value is -0.595. The van der Waals surface area contributed by atoms with Crippen LogP contribution in [-0.4, -0.2) is 36.7 Å². The van der Waals surface area contributed by atoms with Crippen molar-refractivity contribution in [1.82, 2.24) is 0 Å². The van der Waals surface area contributed by atoms with Crippen molar-refractivity contribution in [2.24, 2.45) is 28.9 Å². The van der Waals surface area contributed by atoms with Gasteiger partial charge in [0.1, 0.15) is 0 Å². The number of nitrogens with two attached hydrogens (primary N) is 1. The number of rotatable bonds is 3. The minimum atomic E-state index is -4.64. The summed E-state index contributed by atoms with van der Waals surface area (Å²) in [6.45, 7) is 11.9. The van der Waals surface area contributed by atoms with E-state index in [1.807, 2.05) is 0 Å². The predicted octanol–water partition coefficient (Wildman–Crippen LogP) is 3.77. The van der Waals surface area contributed by atoms with E-state index in [1.165, 1.54) is 6.42 Å². The summed E-state index contributed by atoms with van der Waals surface area (Å²) in [5.74, 6) is 0.271. The molecule has 4 aliphatic rings. The highest BCUT2D eigenvalue weighted by atomic mass is 19.4. The first-order valence-corrected chi connectivity index (χ1v) is 9.35. The second-order valence-electron chi connectivity index (χ2n) is 9.27. The first-order chi connectivity index (χ1) is 11.7. The Balaban J connectivity index is 0.000000298. The average Bonchev–Trinajstić information content (AvgIpc) is 2.83. The summed E-state index contributed by atoms with van der Waals surface area (Å²) >= 11 is 0. The highest BCUT2D eigenvalue weighted by Crippen LogP contribution is 2.64. The van der Waals surface area contributed by atoms with E-state index in [0.29, 0.717) is 24.2 Å². The largest absolute Gasteiger partial charge is 0.475 e. The Morgan fingerprint density at radius 1 is 1.31 bits per heavy atom. The van der Waals surface area contributed by atoms with Crippen molar-refractivity contribution in [1.29, 1.82) is 0 Å². The first-order valence-electron chi connectivity index (χ1n) is 9.35. The molecule has 3 saturated carbocycles. The molecule has 0 amide bonds. The molecule has 26 heavy (non-hydrogen) atoms. The Morgan fingerprint density at radius 3 is 2.27 bits per heavy atom. The van der Waals surface area contributed by atoms with Gasteiger partial charge in [0.25, 0.3) is 0 Å². The van der Waals surface area contributed by atoms with Crippen molar-refractivity contribution in [3.8, 4) is 0 Å². The molecule has 150 valence electrons. The molecule has 4 fully saturated rings. The Morgan fingerprint density at radius 2 is 1.85 bits per heavy atom. The number of alkyl halides is 3. The molecule has 1 saturated heterocycles. The number of carbonyl (C=O) groups is 1. The van der Waals surface area contributed by atoms with Gasteiger partial charge in [0.15, 0.2) is 0 Å². The summed E-state index contributed by atoms with van der Waals surface area (Å²) < 4.78 is 45.0. The molecule has 4 rings (SSSR count).